The highest BCUT2D eigenvalue weighted by Gasteiger charge is 2.30. The summed E-state index contributed by atoms with van der Waals surface area (Å²) in [7, 11) is -1.59. The van der Waals surface area contributed by atoms with Crippen molar-refractivity contribution in [1.82, 2.24) is 9.80 Å². The standard InChI is InChI=1S/C29H33F3N4O5S.2ClH/c1-35-13-15-36(16-14-35)12-3-17-41-27-18-21(6-10-24(27)20-4-7-22(8-5-20)29(30,31)32)28(38)33-23-9-11-26(37)25(19-23)34-42(2,39)40;;/h4-11,18-19,34,37H,3,12-17H2,1-2H3,(H,33,38);2*1H. The van der Waals surface area contributed by atoms with Crippen molar-refractivity contribution in [2.24, 2.45) is 0 Å². The van der Waals surface area contributed by atoms with Gasteiger partial charge in [-0.2, -0.15) is 13.2 Å². The van der Waals surface area contributed by atoms with E-state index >= 15 is 0 Å². The van der Waals surface area contributed by atoms with Crippen LogP contribution in [0.25, 0.3) is 11.1 Å². The minimum atomic E-state index is -4.46. The van der Waals surface area contributed by atoms with E-state index in [4.69, 9.17) is 4.74 Å². The minimum Gasteiger partial charge on any atom is -0.506 e. The van der Waals surface area contributed by atoms with Crippen LogP contribution in [-0.2, 0) is 16.2 Å². The van der Waals surface area contributed by atoms with E-state index in [9.17, 15) is 31.5 Å². The van der Waals surface area contributed by atoms with Gasteiger partial charge in [0.05, 0.1) is 24.1 Å². The molecule has 1 fully saturated rings. The van der Waals surface area contributed by atoms with E-state index in [1.165, 1.54) is 42.5 Å². The molecule has 1 aliphatic heterocycles. The Morgan fingerprint density at radius 2 is 1.64 bits per heavy atom. The Morgan fingerprint density at radius 1 is 0.977 bits per heavy atom. The van der Waals surface area contributed by atoms with Crippen molar-refractivity contribution in [2.45, 2.75) is 12.6 Å². The molecule has 1 saturated heterocycles. The zero-order valence-electron chi connectivity index (χ0n) is 24.1. The number of amides is 1. The number of alkyl halides is 3. The van der Waals surface area contributed by atoms with Gasteiger partial charge in [-0.25, -0.2) is 8.42 Å². The van der Waals surface area contributed by atoms with Gasteiger partial charge in [0.1, 0.15) is 11.5 Å². The molecule has 0 saturated carbocycles. The number of nitrogens with one attached hydrogen (secondary N) is 2. The summed E-state index contributed by atoms with van der Waals surface area (Å²) in [5.74, 6) is -0.509. The van der Waals surface area contributed by atoms with E-state index in [0.29, 0.717) is 23.5 Å². The number of carbonyl (C=O) groups excluding carboxylic acids is 1. The normalized spacial score (nSPS) is 14.2. The summed E-state index contributed by atoms with van der Waals surface area (Å²) in [5.41, 5.74) is 0.604. The van der Waals surface area contributed by atoms with Gasteiger partial charge in [-0.15, -0.1) is 24.8 Å². The predicted molar refractivity (Wildman–Crippen MR) is 170 cm³/mol. The van der Waals surface area contributed by atoms with Crippen LogP contribution >= 0.6 is 24.8 Å². The van der Waals surface area contributed by atoms with Gasteiger partial charge in [-0.3, -0.25) is 9.52 Å². The van der Waals surface area contributed by atoms with Crippen LogP contribution in [0, 0.1) is 0 Å². The molecule has 3 aromatic rings. The topological polar surface area (TPSA) is 111 Å². The van der Waals surface area contributed by atoms with E-state index < -0.39 is 27.7 Å². The number of halogens is 5. The fraction of sp³-hybridized carbons (Fsp3) is 0.345. The number of phenols is 1. The number of benzene rings is 3. The number of hydrogen-bond acceptors (Lipinski definition) is 7. The van der Waals surface area contributed by atoms with Crippen molar-refractivity contribution < 1.29 is 36.2 Å². The van der Waals surface area contributed by atoms with Crippen molar-refractivity contribution >= 4 is 52.1 Å². The summed E-state index contributed by atoms with van der Waals surface area (Å²) >= 11 is 0. The van der Waals surface area contributed by atoms with E-state index in [0.717, 1.165) is 57.5 Å². The largest absolute Gasteiger partial charge is 0.506 e. The van der Waals surface area contributed by atoms with E-state index in [1.54, 1.807) is 6.07 Å². The second kappa shape index (κ2) is 15.7. The number of rotatable bonds is 10. The van der Waals surface area contributed by atoms with Crippen LogP contribution in [0.5, 0.6) is 11.5 Å². The van der Waals surface area contributed by atoms with Crippen LogP contribution in [0.2, 0.25) is 0 Å². The molecule has 1 amide bonds. The summed E-state index contributed by atoms with van der Waals surface area (Å²) < 4.78 is 70.8. The Kier molecular flexibility index (Phi) is 13.2. The Hall–Kier alpha value is -3.23. The third kappa shape index (κ3) is 10.4. The first-order chi connectivity index (χ1) is 19.8. The number of sulfonamides is 1. The van der Waals surface area contributed by atoms with Gasteiger partial charge >= 0.3 is 6.18 Å². The molecule has 3 aromatic carbocycles. The summed E-state index contributed by atoms with van der Waals surface area (Å²) in [6, 6.07) is 13.3. The number of likely N-dealkylation sites (N-methyl/N-ethyl adjacent to an activating group) is 1. The first-order valence-corrected chi connectivity index (χ1v) is 15.2. The molecular weight excluding hydrogens is 644 g/mol. The average molecular weight is 680 g/mol. The molecule has 0 bridgehead atoms. The highest BCUT2D eigenvalue weighted by atomic mass is 35.5. The first kappa shape index (κ1) is 37.0. The van der Waals surface area contributed by atoms with Gasteiger partial charge in [0.2, 0.25) is 10.0 Å². The van der Waals surface area contributed by atoms with Crippen LogP contribution in [0.4, 0.5) is 24.5 Å². The van der Waals surface area contributed by atoms with Crippen molar-refractivity contribution in [2.75, 3.05) is 62.7 Å². The van der Waals surface area contributed by atoms with Gasteiger partial charge in [0.15, 0.2) is 0 Å². The van der Waals surface area contributed by atoms with E-state index in [2.05, 4.69) is 26.9 Å². The molecule has 4 rings (SSSR count). The Bertz CT molecular complexity index is 1520. The van der Waals surface area contributed by atoms with Crippen LogP contribution in [-0.4, -0.2) is 81.9 Å². The number of anilines is 2. The smallest absolute Gasteiger partial charge is 0.416 e. The quantitative estimate of drug-likeness (QED) is 0.146. The second-order valence-electron chi connectivity index (χ2n) is 10.2. The molecule has 0 aromatic heterocycles. The van der Waals surface area contributed by atoms with Crippen molar-refractivity contribution in [3.63, 3.8) is 0 Å². The van der Waals surface area contributed by atoms with Crippen LogP contribution in [0.1, 0.15) is 22.3 Å². The van der Waals surface area contributed by atoms with Crippen LogP contribution in [0.15, 0.2) is 60.7 Å². The molecule has 15 heteroatoms. The third-order valence-corrected chi connectivity index (χ3v) is 7.38. The number of hydrogen-bond donors (Lipinski definition) is 3. The molecule has 0 radical (unpaired) electrons. The van der Waals surface area contributed by atoms with E-state index in [-0.39, 0.29) is 47.5 Å². The summed E-state index contributed by atoms with van der Waals surface area (Å²) in [6.07, 6.45) is -2.81. The maximum Gasteiger partial charge on any atom is 0.416 e. The van der Waals surface area contributed by atoms with Crippen molar-refractivity contribution in [1.29, 1.82) is 0 Å². The van der Waals surface area contributed by atoms with Gasteiger partial charge in [0, 0.05) is 49.5 Å². The molecule has 9 nitrogen and oxygen atoms in total. The monoisotopic (exact) mass is 678 g/mol. The predicted octanol–water partition coefficient (Wildman–Crippen LogP) is 5.56. The summed E-state index contributed by atoms with van der Waals surface area (Å²) in [4.78, 5) is 17.7. The molecule has 1 heterocycles. The highest BCUT2D eigenvalue weighted by Crippen LogP contribution is 2.35. The molecule has 3 N–H and O–H groups in total. The molecule has 1 aliphatic rings. The zero-order chi connectivity index (χ0) is 30.5. The number of aromatic hydroxyl groups is 1. The number of ether oxygens (including phenoxy) is 1. The first-order valence-electron chi connectivity index (χ1n) is 13.3. The van der Waals surface area contributed by atoms with Crippen molar-refractivity contribution in [3.05, 3.63) is 71.8 Å². The zero-order valence-corrected chi connectivity index (χ0v) is 26.5. The maximum atomic E-state index is 13.1. The third-order valence-electron chi connectivity index (χ3n) is 6.79. The Morgan fingerprint density at radius 3 is 2.25 bits per heavy atom. The lowest BCUT2D eigenvalue weighted by molar-refractivity contribution is -0.137. The Balaban J connectivity index is 0.00000337. The lowest BCUT2D eigenvalue weighted by Gasteiger charge is -2.32. The van der Waals surface area contributed by atoms with Gasteiger partial charge in [-0.05, 0) is 67.6 Å². The van der Waals surface area contributed by atoms with Gasteiger partial charge in [0.25, 0.3) is 5.91 Å². The SMILES string of the molecule is CN1CCN(CCCOc2cc(C(=O)Nc3ccc(O)c(NS(C)(=O)=O)c3)ccc2-c2ccc(C(F)(F)F)cc2)CC1.Cl.Cl. The second-order valence-corrected chi connectivity index (χ2v) is 11.9. The number of phenolic OH excluding ortho intramolecular Hbond substituents is 1. The Labute approximate surface area is 267 Å². The molecular formula is C29H35Cl2F3N4O5S. The van der Waals surface area contributed by atoms with Crippen molar-refractivity contribution in [3.8, 4) is 22.6 Å². The lowest BCUT2D eigenvalue weighted by Crippen LogP contribution is -2.44. The highest BCUT2D eigenvalue weighted by molar-refractivity contribution is 7.92. The van der Waals surface area contributed by atoms with Crippen LogP contribution < -0.4 is 14.8 Å². The molecule has 0 atom stereocenters. The minimum absolute atomic E-state index is 0. The molecule has 44 heavy (non-hydrogen) atoms. The summed E-state index contributed by atoms with van der Waals surface area (Å²) in [5, 5.41) is 12.6. The molecule has 242 valence electrons. The lowest BCUT2D eigenvalue weighted by atomic mass is 10.0. The maximum absolute atomic E-state index is 13.1. The van der Waals surface area contributed by atoms with Gasteiger partial charge < -0.3 is 25.0 Å². The molecule has 0 spiro atoms. The molecule has 0 unspecified atom stereocenters. The molecule has 0 aliphatic carbocycles. The fourth-order valence-electron chi connectivity index (χ4n) is 4.50. The number of carbonyl (C=O) groups is 1. The number of nitrogens with zero attached hydrogens (tertiary/aromatic N) is 2. The van der Waals surface area contributed by atoms with E-state index in [1.807, 2.05) is 0 Å². The van der Waals surface area contributed by atoms with Gasteiger partial charge in [-0.1, -0.05) is 12.1 Å². The fourth-order valence-corrected chi connectivity index (χ4v) is 5.06. The van der Waals surface area contributed by atoms with Crippen LogP contribution in [0.3, 0.4) is 0 Å². The summed E-state index contributed by atoms with van der Waals surface area (Å²) in [6.45, 7) is 5.06. The number of piperazine rings is 1. The average Bonchev–Trinajstić information content (AvgIpc) is 2.92.